The van der Waals surface area contributed by atoms with Gasteiger partial charge in [-0.05, 0) is 42.0 Å². The minimum atomic E-state index is -4.55. The molecule has 0 amide bonds. The average Bonchev–Trinajstić information content (AvgIpc) is 2.69. The zero-order valence-electron chi connectivity index (χ0n) is 14.8. The minimum Gasteiger partial charge on any atom is -0.232 e. The van der Waals surface area contributed by atoms with Crippen molar-refractivity contribution in [3.8, 4) is 11.1 Å². The van der Waals surface area contributed by atoms with Gasteiger partial charge in [-0.1, -0.05) is 35.9 Å². The first-order valence-electron chi connectivity index (χ1n) is 8.44. The Morgan fingerprint density at radius 1 is 0.800 bits per heavy atom. The van der Waals surface area contributed by atoms with E-state index >= 15 is 0 Å². The standard InChI is InChI=1S/C21H10ClF4NO2S/c22-21-20(30(28,29)13-7-8-15(24)17(26)10-13)18(11-3-1-4-12(23)9-11)14-5-2-6-16(25)19(14)27-21/h1-10H. The molecule has 0 atom stereocenters. The lowest BCUT2D eigenvalue weighted by Crippen LogP contribution is -2.08. The number of hydrogen-bond donors (Lipinski definition) is 0. The van der Waals surface area contributed by atoms with E-state index in [-0.39, 0.29) is 22.0 Å². The van der Waals surface area contributed by atoms with Gasteiger partial charge in [0.2, 0.25) is 9.84 Å². The van der Waals surface area contributed by atoms with Gasteiger partial charge in [-0.25, -0.2) is 31.0 Å². The van der Waals surface area contributed by atoms with E-state index in [1.807, 2.05) is 0 Å². The van der Waals surface area contributed by atoms with Crippen LogP contribution in [0.25, 0.3) is 22.0 Å². The number of nitrogens with zero attached hydrogens (tertiary/aromatic N) is 1. The van der Waals surface area contributed by atoms with Crippen molar-refractivity contribution >= 4 is 32.3 Å². The summed E-state index contributed by atoms with van der Waals surface area (Å²) < 4.78 is 82.0. The Balaban J connectivity index is 2.15. The van der Waals surface area contributed by atoms with Gasteiger partial charge in [-0.15, -0.1) is 0 Å². The van der Waals surface area contributed by atoms with E-state index in [0.717, 1.165) is 24.3 Å². The first kappa shape index (κ1) is 20.3. The maximum atomic E-state index is 14.4. The molecule has 0 aliphatic carbocycles. The third-order valence-electron chi connectivity index (χ3n) is 4.46. The first-order chi connectivity index (χ1) is 14.2. The van der Waals surface area contributed by atoms with Crippen LogP contribution in [0.4, 0.5) is 17.6 Å². The van der Waals surface area contributed by atoms with Crippen molar-refractivity contribution in [2.45, 2.75) is 9.79 Å². The highest BCUT2D eigenvalue weighted by Gasteiger charge is 2.30. The van der Waals surface area contributed by atoms with Gasteiger partial charge in [0.05, 0.1) is 4.90 Å². The lowest BCUT2D eigenvalue weighted by molar-refractivity contribution is 0.504. The summed E-state index contributed by atoms with van der Waals surface area (Å²) in [4.78, 5) is 2.71. The van der Waals surface area contributed by atoms with Crippen LogP contribution in [0, 0.1) is 23.3 Å². The monoisotopic (exact) mass is 451 g/mol. The predicted octanol–water partition coefficient (Wildman–Crippen LogP) is 5.94. The highest BCUT2D eigenvalue weighted by atomic mass is 35.5. The molecule has 0 aliphatic heterocycles. The molecule has 0 radical (unpaired) electrons. The number of sulfone groups is 1. The smallest absolute Gasteiger partial charge is 0.210 e. The molecule has 0 spiro atoms. The van der Waals surface area contributed by atoms with Crippen LogP contribution in [-0.2, 0) is 9.84 Å². The fourth-order valence-corrected chi connectivity index (χ4v) is 5.13. The summed E-state index contributed by atoms with van der Waals surface area (Å²) in [5, 5.41) is -0.525. The van der Waals surface area contributed by atoms with Crippen molar-refractivity contribution < 1.29 is 26.0 Å². The molecule has 0 bridgehead atoms. The van der Waals surface area contributed by atoms with E-state index in [0.29, 0.717) is 12.1 Å². The highest BCUT2D eigenvalue weighted by Crippen LogP contribution is 2.41. The Morgan fingerprint density at radius 3 is 2.23 bits per heavy atom. The van der Waals surface area contributed by atoms with Gasteiger partial charge < -0.3 is 0 Å². The molecule has 0 N–H and O–H groups in total. The zero-order chi connectivity index (χ0) is 21.6. The van der Waals surface area contributed by atoms with E-state index < -0.39 is 48.1 Å². The van der Waals surface area contributed by atoms with Crippen molar-refractivity contribution in [2.75, 3.05) is 0 Å². The molecule has 0 unspecified atom stereocenters. The normalized spacial score (nSPS) is 11.8. The number of pyridine rings is 1. The molecule has 3 nitrogen and oxygen atoms in total. The second-order valence-electron chi connectivity index (χ2n) is 6.33. The fourth-order valence-electron chi connectivity index (χ4n) is 3.14. The van der Waals surface area contributed by atoms with Crippen LogP contribution in [0.1, 0.15) is 0 Å². The second-order valence-corrected chi connectivity index (χ2v) is 8.58. The Hall–Kier alpha value is -2.97. The van der Waals surface area contributed by atoms with E-state index in [1.165, 1.54) is 24.3 Å². The molecule has 152 valence electrons. The topological polar surface area (TPSA) is 47.0 Å². The summed E-state index contributed by atoms with van der Waals surface area (Å²) in [5.41, 5.74) is -0.226. The lowest BCUT2D eigenvalue weighted by Gasteiger charge is -2.16. The summed E-state index contributed by atoms with van der Waals surface area (Å²) in [5.74, 6) is -4.03. The molecule has 9 heteroatoms. The Morgan fingerprint density at radius 2 is 1.53 bits per heavy atom. The third kappa shape index (κ3) is 3.32. The SMILES string of the molecule is O=S(=O)(c1ccc(F)c(F)c1)c1c(Cl)nc2c(F)cccc2c1-c1cccc(F)c1. The summed E-state index contributed by atoms with van der Waals surface area (Å²) in [7, 11) is -4.55. The number of benzene rings is 3. The highest BCUT2D eigenvalue weighted by molar-refractivity contribution is 7.91. The molecule has 1 aromatic heterocycles. The van der Waals surface area contributed by atoms with Gasteiger partial charge in [-0.3, -0.25) is 0 Å². The predicted molar refractivity (Wildman–Crippen MR) is 104 cm³/mol. The van der Waals surface area contributed by atoms with Crippen molar-refractivity contribution in [1.29, 1.82) is 0 Å². The Labute approximate surface area is 173 Å². The maximum Gasteiger partial charge on any atom is 0.210 e. The molecule has 3 aromatic carbocycles. The summed E-state index contributed by atoms with van der Waals surface area (Å²) in [6, 6.07) is 10.9. The third-order valence-corrected chi connectivity index (χ3v) is 6.66. The largest absolute Gasteiger partial charge is 0.232 e. The van der Waals surface area contributed by atoms with Crippen molar-refractivity contribution in [1.82, 2.24) is 4.98 Å². The molecular formula is C21H10ClF4NO2S. The Bertz CT molecular complexity index is 1420. The van der Waals surface area contributed by atoms with Crippen molar-refractivity contribution in [2.24, 2.45) is 0 Å². The van der Waals surface area contributed by atoms with Gasteiger partial charge in [0.25, 0.3) is 0 Å². The molecule has 0 saturated heterocycles. The summed E-state index contributed by atoms with van der Waals surface area (Å²) >= 11 is 6.16. The van der Waals surface area contributed by atoms with Crippen LogP contribution >= 0.6 is 11.6 Å². The van der Waals surface area contributed by atoms with Gasteiger partial charge in [0.15, 0.2) is 11.6 Å². The van der Waals surface area contributed by atoms with Crippen LogP contribution in [0.15, 0.2) is 70.5 Å². The van der Waals surface area contributed by atoms with E-state index in [2.05, 4.69) is 4.98 Å². The van der Waals surface area contributed by atoms with Crippen LogP contribution < -0.4 is 0 Å². The van der Waals surface area contributed by atoms with E-state index in [4.69, 9.17) is 11.6 Å². The van der Waals surface area contributed by atoms with E-state index in [1.54, 1.807) is 0 Å². The second kappa shape index (κ2) is 7.37. The first-order valence-corrected chi connectivity index (χ1v) is 10.3. The molecule has 30 heavy (non-hydrogen) atoms. The summed E-state index contributed by atoms with van der Waals surface area (Å²) in [6.07, 6.45) is 0. The van der Waals surface area contributed by atoms with Crippen LogP contribution in [0.2, 0.25) is 5.15 Å². The number of para-hydroxylation sites is 1. The van der Waals surface area contributed by atoms with Crippen LogP contribution in [-0.4, -0.2) is 13.4 Å². The zero-order valence-corrected chi connectivity index (χ0v) is 16.4. The van der Waals surface area contributed by atoms with Gasteiger partial charge >= 0.3 is 0 Å². The number of aromatic nitrogens is 1. The lowest BCUT2D eigenvalue weighted by atomic mass is 10.0. The van der Waals surface area contributed by atoms with Gasteiger partial charge in [0, 0.05) is 10.9 Å². The minimum absolute atomic E-state index is 0.0613. The number of hydrogen-bond acceptors (Lipinski definition) is 3. The quantitative estimate of drug-likeness (QED) is 0.220. The maximum absolute atomic E-state index is 14.4. The number of rotatable bonds is 3. The molecule has 0 saturated carbocycles. The van der Waals surface area contributed by atoms with Crippen LogP contribution in [0.3, 0.4) is 0 Å². The number of halogens is 5. The van der Waals surface area contributed by atoms with Gasteiger partial charge in [-0.2, -0.15) is 0 Å². The molecular weight excluding hydrogens is 442 g/mol. The average molecular weight is 452 g/mol. The molecule has 0 aliphatic rings. The molecule has 4 rings (SSSR count). The Kier molecular flexibility index (Phi) is 4.99. The van der Waals surface area contributed by atoms with Crippen LogP contribution in [0.5, 0.6) is 0 Å². The van der Waals surface area contributed by atoms with E-state index in [9.17, 15) is 26.0 Å². The summed E-state index contributed by atoms with van der Waals surface area (Å²) in [6.45, 7) is 0. The molecule has 0 fully saturated rings. The van der Waals surface area contributed by atoms with Gasteiger partial charge in [0.1, 0.15) is 27.2 Å². The molecule has 4 aromatic rings. The van der Waals surface area contributed by atoms with Crippen molar-refractivity contribution in [3.63, 3.8) is 0 Å². The van der Waals surface area contributed by atoms with Crippen molar-refractivity contribution in [3.05, 3.63) is 89.1 Å². The fraction of sp³-hybridized carbons (Fsp3) is 0. The number of fused-ring (bicyclic) bond motifs is 1. The molecule has 1 heterocycles.